The van der Waals surface area contributed by atoms with E-state index >= 15 is 0 Å². The highest BCUT2D eigenvalue weighted by Crippen LogP contribution is 2.33. The van der Waals surface area contributed by atoms with Gasteiger partial charge in [-0.2, -0.15) is 4.31 Å². The van der Waals surface area contributed by atoms with E-state index in [9.17, 15) is 18.6 Å². The van der Waals surface area contributed by atoms with E-state index in [0.29, 0.717) is 39.0 Å². The Morgan fingerprint density at radius 2 is 1.90 bits per heavy atom. The van der Waals surface area contributed by atoms with Gasteiger partial charge in [0.15, 0.2) is 0 Å². The van der Waals surface area contributed by atoms with E-state index in [0.717, 1.165) is 12.8 Å². The molecule has 6 nitrogen and oxygen atoms in total. The number of rotatable bonds is 5. The standard InChI is InChI=1S/C14H28N2O4S/c1-3-21(19,20)16-9-8-15(12(2)10-16)11-13(17)14(18)6-4-5-7-14/h12-13,17-18H,3-11H2,1-2H3/t12-,13?/m1/s1. The van der Waals surface area contributed by atoms with Gasteiger partial charge in [0.05, 0.1) is 17.5 Å². The summed E-state index contributed by atoms with van der Waals surface area (Å²) >= 11 is 0. The van der Waals surface area contributed by atoms with Crippen molar-refractivity contribution in [3.05, 3.63) is 0 Å². The summed E-state index contributed by atoms with van der Waals surface area (Å²) < 4.78 is 25.3. The Balaban J connectivity index is 1.92. The van der Waals surface area contributed by atoms with Gasteiger partial charge in [0.1, 0.15) is 0 Å². The Bertz CT molecular complexity index is 448. The molecule has 0 radical (unpaired) electrons. The van der Waals surface area contributed by atoms with Gasteiger partial charge in [-0.15, -0.1) is 0 Å². The fourth-order valence-electron chi connectivity index (χ4n) is 3.38. The lowest BCUT2D eigenvalue weighted by atomic mass is 9.94. The number of piperazine rings is 1. The normalized spacial score (nSPS) is 29.6. The summed E-state index contributed by atoms with van der Waals surface area (Å²) in [5.41, 5.74) is -0.952. The molecular formula is C14H28N2O4S. The number of sulfonamides is 1. The lowest BCUT2D eigenvalue weighted by molar-refractivity contribution is -0.0879. The maximum Gasteiger partial charge on any atom is 0.213 e. The van der Waals surface area contributed by atoms with Gasteiger partial charge < -0.3 is 10.2 Å². The minimum Gasteiger partial charge on any atom is -0.389 e. The molecule has 2 N–H and O–H groups in total. The van der Waals surface area contributed by atoms with Crippen molar-refractivity contribution in [1.29, 1.82) is 0 Å². The summed E-state index contributed by atoms with van der Waals surface area (Å²) in [4.78, 5) is 2.09. The number of hydrogen-bond acceptors (Lipinski definition) is 5. The summed E-state index contributed by atoms with van der Waals surface area (Å²) in [6.07, 6.45) is 2.49. The van der Waals surface area contributed by atoms with Crippen LogP contribution in [0.1, 0.15) is 39.5 Å². The molecule has 1 aliphatic carbocycles. The van der Waals surface area contributed by atoms with Crippen molar-refractivity contribution in [1.82, 2.24) is 9.21 Å². The lowest BCUT2D eigenvalue weighted by Crippen LogP contribution is -2.57. The second-order valence-corrected chi connectivity index (χ2v) is 8.69. The van der Waals surface area contributed by atoms with Gasteiger partial charge >= 0.3 is 0 Å². The van der Waals surface area contributed by atoms with Crippen molar-refractivity contribution in [2.75, 3.05) is 31.9 Å². The second kappa shape index (κ2) is 6.50. The zero-order valence-corrected chi connectivity index (χ0v) is 13.8. The van der Waals surface area contributed by atoms with E-state index in [1.54, 1.807) is 6.92 Å². The first kappa shape index (κ1) is 17.1. The van der Waals surface area contributed by atoms with E-state index in [1.807, 2.05) is 6.92 Å². The molecular weight excluding hydrogens is 292 g/mol. The average molecular weight is 320 g/mol. The van der Waals surface area contributed by atoms with Crippen LogP contribution in [0.3, 0.4) is 0 Å². The zero-order valence-electron chi connectivity index (χ0n) is 13.0. The van der Waals surface area contributed by atoms with Crippen LogP contribution in [0, 0.1) is 0 Å². The van der Waals surface area contributed by atoms with Crippen molar-refractivity contribution in [3.8, 4) is 0 Å². The third kappa shape index (κ3) is 3.76. The molecule has 21 heavy (non-hydrogen) atoms. The lowest BCUT2D eigenvalue weighted by Gasteiger charge is -2.41. The summed E-state index contributed by atoms with van der Waals surface area (Å²) in [7, 11) is -3.14. The third-order valence-electron chi connectivity index (χ3n) is 4.98. The molecule has 2 fully saturated rings. The van der Waals surface area contributed by atoms with Gasteiger partial charge in [-0.1, -0.05) is 12.8 Å². The molecule has 1 aliphatic heterocycles. The minimum atomic E-state index is -3.14. The van der Waals surface area contributed by atoms with Gasteiger partial charge in [0, 0.05) is 32.2 Å². The van der Waals surface area contributed by atoms with Crippen molar-refractivity contribution in [2.45, 2.75) is 57.3 Å². The summed E-state index contributed by atoms with van der Waals surface area (Å²) in [5, 5.41) is 20.7. The fraction of sp³-hybridized carbons (Fsp3) is 1.00. The number of nitrogens with zero attached hydrogens (tertiary/aromatic N) is 2. The first-order valence-electron chi connectivity index (χ1n) is 7.91. The summed E-state index contributed by atoms with van der Waals surface area (Å²) in [6.45, 7) is 5.58. The maximum absolute atomic E-state index is 11.9. The third-order valence-corrected chi connectivity index (χ3v) is 6.83. The molecule has 1 saturated heterocycles. The Kier molecular flexibility index (Phi) is 5.31. The maximum atomic E-state index is 11.9. The second-order valence-electron chi connectivity index (χ2n) is 6.43. The molecule has 0 aromatic rings. The van der Waals surface area contributed by atoms with Crippen LogP contribution in [0.2, 0.25) is 0 Å². The predicted octanol–water partition coefficient (Wildman–Crippen LogP) is 0.00820. The van der Waals surface area contributed by atoms with Gasteiger partial charge in [-0.3, -0.25) is 4.90 Å². The first-order chi connectivity index (χ1) is 9.78. The topological polar surface area (TPSA) is 81.1 Å². The van der Waals surface area contributed by atoms with Gasteiger partial charge in [-0.25, -0.2) is 8.42 Å². The van der Waals surface area contributed by atoms with E-state index in [2.05, 4.69) is 4.90 Å². The molecule has 0 bridgehead atoms. The smallest absolute Gasteiger partial charge is 0.213 e. The summed E-state index contributed by atoms with van der Waals surface area (Å²) in [6, 6.07) is 0.0553. The van der Waals surface area contributed by atoms with Gasteiger partial charge in [0.25, 0.3) is 0 Å². The predicted molar refractivity (Wildman–Crippen MR) is 81.5 cm³/mol. The minimum absolute atomic E-state index is 0.0553. The first-order valence-corrected chi connectivity index (χ1v) is 9.52. The van der Waals surface area contributed by atoms with Crippen molar-refractivity contribution >= 4 is 10.0 Å². The largest absolute Gasteiger partial charge is 0.389 e. The monoisotopic (exact) mass is 320 g/mol. The van der Waals surface area contributed by atoms with Crippen LogP contribution in [-0.2, 0) is 10.0 Å². The molecule has 1 heterocycles. The molecule has 1 unspecified atom stereocenters. The molecule has 0 amide bonds. The molecule has 0 aromatic carbocycles. The molecule has 0 spiro atoms. The van der Waals surface area contributed by atoms with Crippen molar-refractivity contribution < 1.29 is 18.6 Å². The Hall–Kier alpha value is -0.210. The molecule has 7 heteroatoms. The average Bonchev–Trinajstić information content (AvgIpc) is 2.89. The number of hydrogen-bond donors (Lipinski definition) is 2. The highest BCUT2D eigenvalue weighted by Gasteiger charge is 2.40. The highest BCUT2D eigenvalue weighted by atomic mass is 32.2. The van der Waals surface area contributed by atoms with Crippen molar-refractivity contribution in [3.63, 3.8) is 0 Å². The number of aliphatic hydroxyl groups excluding tert-OH is 1. The van der Waals surface area contributed by atoms with Gasteiger partial charge in [-0.05, 0) is 26.7 Å². The quantitative estimate of drug-likeness (QED) is 0.746. The number of aliphatic hydroxyl groups is 2. The molecule has 124 valence electrons. The molecule has 0 aromatic heterocycles. The molecule has 2 atom stereocenters. The summed E-state index contributed by atoms with van der Waals surface area (Å²) in [5.74, 6) is 0.127. The van der Waals surface area contributed by atoms with Crippen LogP contribution in [0.25, 0.3) is 0 Å². The highest BCUT2D eigenvalue weighted by molar-refractivity contribution is 7.89. The van der Waals surface area contributed by atoms with Crippen LogP contribution >= 0.6 is 0 Å². The van der Waals surface area contributed by atoms with Gasteiger partial charge in [0.2, 0.25) is 10.0 Å². The van der Waals surface area contributed by atoms with Crippen LogP contribution in [-0.4, -0.2) is 77.5 Å². The Labute approximate surface area is 127 Å². The number of β-amino-alcohol motifs (C(OH)–C–C–N with tert-alkyl or cyclic N) is 1. The van der Waals surface area contributed by atoms with E-state index in [1.165, 1.54) is 4.31 Å². The molecule has 1 saturated carbocycles. The molecule has 2 rings (SSSR count). The molecule has 2 aliphatic rings. The van der Waals surface area contributed by atoms with E-state index in [-0.39, 0.29) is 11.8 Å². The van der Waals surface area contributed by atoms with E-state index in [4.69, 9.17) is 0 Å². The van der Waals surface area contributed by atoms with Crippen LogP contribution < -0.4 is 0 Å². The fourth-order valence-corrected chi connectivity index (χ4v) is 4.55. The Morgan fingerprint density at radius 1 is 1.29 bits per heavy atom. The van der Waals surface area contributed by atoms with Crippen LogP contribution in [0.15, 0.2) is 0 Å². The Morgan fingerprint density at radius 3 is 2.43 bits per heavy atom. The van der Waals surface area contributed by atoms with Crippen LogP contribution in [0.5, 0.6) is 0 Å². The SMILES string of the molecule is CCS(=O)(=O)N1CCN(CC(O)C2(O)CCCC2)[C@H](C)C1. The van der Waals surface area contributed by atoms with Crippen LogP contribution in [0.4, 0.5) is 0 Å². The zero-order chi connectivity index (χ0) is 15.7. The van der Waals surface area contributed by atoms with Crippen molar-refractivity contribution in [2.24, 2.45) is 0 Å². The van der Waals surface area contributed by atoms with E-state index < -0.39 is 21.7 Å².